The Balaban J connectivity index is 3.06. The summed E-state index contributed by atoms with van der Waals surface area (Å²) in [5.74, 6) is 0. The van der Waals surface area contributed by atoms with E-state index in [2.05, 4.69) is 9.97 Å². The number of nitrogens with zero attached hydrogens (tertiary/aromatic N) is 2. The van der Waals surface area contributed by atoms with Gasteiger partial charge >= 0.3 is 0 Å². The summed E-state index contributed by atoms with van der Waals surface area (Å²) in [6.45, 7) is 0. The second-order valence-corrected chi connectivity index (χ2v) is 2.39. The standard InChI is InChI=1S/C7H7N3O/c1-10-4-9-6-5(11)2-3-8-7(6)10/h2-4H,1H3,(H,8,11). The molecule has 0 spiro atoms. The number of hydrogen-bond acceptors (Lipinski definition) is 2. The maximum atomic E-state index is 11.1. The van der Waals surface area contributed by atoms with Crippen molar-refractivity contribution < 1.29 is 0 Å². The highest BCUT2D eigenvalue weighted by Crippen LogP contribution is 2.00. The lowest BCUT2D eigenvalue weighted by molar-refractivity contribution is 0.931. The van der Waals surface area contributed by atoms with Crippen molar-refractivity contribution in [2.45, 2.75) is 0 Å². The smallest absolute Gasteiger partial charge is 0.209 e. The summed E-state index contributed by atoms with van der Waals surface area (Å²) >= 11 is 0. The number of fused-ring (bicyclic) bond motifs is 1. The zero-order valence-electron chi connectivity index (χ0n) is 6.03. The molecule has 0 amide bonds. The number of nitrogens with one attached hydrogen (secondary N) is 1. The first-order chi connectivity index (χ1) is 5.29. The van der Waals surface area contributed by atoms with Crippen molar-refractivity contribution in [3.05, 3.63) is 28.8 Å². The summed E-state index contributed by atoms with van der Waals surface area (Å²) in [7, 11) is 1.84. The lowest BCUT2D eigenvalue weighted by Gasteiger charge is -1.90. The summed E-state index contributed by atoms with van der Waals surface area (Å²) in [5.41, 5.74) is 1.21. The van der Waals surface area contributed by atoms with Gasteiger partial charge in [0.1, 0.15) is 5.65 Å². The van der Waals surface area contributed by atoms with Gasteiger partial charge in [-0.25, -0.2) is 4.98 Å². The van der Waals surface area contributed by atoms with Gasteiger partial charge in [-0.3, -0.25) is 4.79 Å². The molecule has 0 radical (unpaired) electrons. The Kier molecular flexibility index (Phi) is 1.09. The maximum absolute atomic E-state index is 11.1. The van der Waals surface area contributed by atoms with Crippen LogP contribution in [-0.2, 0) is 7.05 Å². The van der Waals surface area contributed by atoms with Crippen molar-refractivity contribution in [1.82, 2.24) is 14.5 Å². The fourth-order valence-electron chi connectivity index (χ4n) is 1.06. The van der Waals surface area contributed by atoms with E-state index >= 15 is 0 Å². The summed E-state index contributed by atoms with van der Waals surface area (Å²) in [4.78, 5) is 18.0. The first-order valence-electron chi connectivity index (χ1n) is 3.28. The van der Waals surface area contributed by atoms with Crippen LogP contribution in [0.3, 0.4) is 0 Å². The van der Waals surface area contributed by atoms with Crippen molar-refractivity contribution in [2.24, 2.45) is 7.05 Å². The van der Waals surface area contributed by atoms with Crippen LogP contribution < -0.4 is 5.43 Å². The van der Waals surface area contributed by atoms with Crippen LogP contribution in [0, 0.1) is 0 Å². The Morgan fingerprint density at radius 2 is 2.45 bits per heavy atom. The van der Waals surface area contributed by atoms with Crippen LogP contribution >= 0.6 is 0 Å². The predicted molar refractivity (Wildman–Crippen MR) is 41.3 cm³/mol. The van der Waals surface area contributed by atoms with E-state index in [0.29, 0.717) is 5.52 Å². The minimum atomic E-state index is -0.0423. The fraction of sp³-hybridized carbons (Fsp3) is 0.143. The number of aryl methyl sites for hydroxylation is 1. The molecule has 0 unspecified atom stereocenters. The molecule has 1 N–H and O–H groups in total. The molecule has 0 aliphatic heterocycles. The van der Waals surface area contributed by atoms with Crippen molar-refractivity contribution in [2.75, 3.05) is 0 Å². The molecule has 4 nitrogen and oxygen atoms in total. The Labute approximate surface area is 62.5 Å². The molecule has 0 fully saturated rings. The lowest BCUT2D eigenvalue weighted by atomic mass is 10.4. The highest BCUT2D eigenvalue weighted by Gasteiger charge is 2.00. The number of imidazole rings is 1. The lowest BCUT2D eigenvalue weighted by Crippen LogP contribution is -2.00. The summed E-state index contributed by atoms with van der Waals surface area (Å²) in [6, 6.07) is 1.47. The van der Waals surface area contributed by atoms with Crippen LogP contribution in [0.1, 0.15) is 0 Å². The molecule has 0 aliphatic carbocycles. The Morgan fingerprint density at radius 3 is 3.18 bits per heavy atom. The second-order valence-electron chi connectivity index (χ2n) is 2.39. The van der Waals surface area contributed by atoms with Gasteiger partial charge in [-0.15, -0.1) is 0 Å². The minimum Gasteiger partial charge on any atom is -0.346 e. The van der Waals surface area contributed by atoms with Gasteiger partial charge in [0.2, 0.25) is 5.43 Å². The Morgan fingerprint density at radius 1 is 1.64 bits per heavy atom. The molecule has 0 aliphatic rings. The SMILES string of the molecule is Cn1cnc2c(=O)cc[nH]c21. The quantitative estimate of drug-likeness (QED) is 0.584. The molecular weight excluding hydrogens is 142 g/mol. The van der Waals surface area contributed by atoms with Gasteiger partial charge in [-0.1, -0.05) is 0 Å². The second kappa shape index (κ2) is 1.95. The molecule has 2 aromatic rings. The van der Waals surface area contributed by atoms with Gasteiger partial charge in [0.15, 0.2) is 5.52 Å². The van der Waals surface area contributed by atoms with Crippen LogP contribution in [0.5, 0.6) is 0 Å². The molecule has 11 heavy (non-hydrogen) atoms. The van der Waals surface area contributed by atoms with Crippen molar-refractivity contribution >= 4 is 11.2 Å². The Hall–Kier alpha value is -1.58. The van der Waals surface area contributed by atoms with E-state index in [1.165, 1.54) is 6.07 Å². The molecule has 0 bridgehead atoms. The number of pyridine rings is 1. The number of aromatic amines is 1. The third-order valence-electron chi connectivity index (χ3n) is 1.63. The molecular formula is C7H7N3O. The monoisotopic (exact) mass is 149 g/mol. The molecule has 2 aromatic heterocycles. The molecule has 0 saturated heterocycles. The van der Waals surface area contributed by atoms with Crippen molar-refractivity contribution in [3.8, 4) is 0 Å². The van der Waals surface area contributed by atoms with Crippen LogP contribution in [-0.4, -0.2) is 14.5 Å². The van der Waals surface area contributed by atoms with Gasteiger partial charge in [-0.2, -0.15) is 0 Å². The van der Waals surface area contributed by atoms with Gasteiger partial charge in [0.25, 0.3) is 0 Å². The van der Waals surface area contributed by atoms with Gasteiger partial charge in [0, 0.05) is 19.3 Å². The van der Waals surface area contributed by atoms with Crippen LogP contribution in [0.2, 0.25) is 0 Å². The van der Waals surface area contributed by atoms with E-state index in [1.54, 1.807) is 17.1 Å². The van der Waals surface area contributed by atoms with E-state index in [-0.39, 0.29) is 5.43 Å². The predicted octanol–water partition coefficient (Wildman–Crippen LogP) is 0.262. The fourth-order valence-corrected chi connectivity index (χ4v) is 1.06. The Bertz CT molecular complexity index is 440. The van der Waals surface area contributed by atoms with E-state index < -0.39 is 0 Å². The number of hydrogen-bond donors (Lipinski definition) is 1. The first-order valence-corrected chi connectivity index (χ1v) is 3.28. The highest BCUT2D eigenvalue weighted by molar-refractivity contribution is 5.69. The van der Waals surface area contributed by atoms with Crippen LogP contribution in [0.15, 0.2) is 23.4 Å². The average Bonchev–Trinajstić information content (AvgIpc) is 2.35. The average molecular weight is 149 g/mol. The summed E-state index contributed by atoms with van der Waals surface area (Å²) < 4.78 is 1.77. The zero-order valence-corrected chi connectivity index (χ0v) is 6.03. The van der Waals surface area contributed by atoms with E-state index in [4.69, 9.17) is 0 Å². The summed E-state index contributed by atoms with van der Waals surface area (Å²) in [6.07, 6.45) is 3.23. The van der Waals surface area contributed by atoms with Crippen molar-refractivity contribution in [3.63, 3.8) is 0 Å². The molecule has 0 aromatic carbocycles. The number of rotatable bonds is 0. The third-order valence-corrected chi connectivity index (χ3v) is 1.63. The number of aromatic nitrogens is 3. The van der Waals surface area contributed by atoms with Gasteiger partial charge in [0.05, 0.1) is 6.33 Å². The van der Waals surface area contributed by atoms with Crippen molar-refractivity contribution in [1.29, 1.82) is 0 Å². The highest BCUT2D eigenvalue weighted by atomic mass is 16.1. The maximum Gasteiger partial charge on any atom is 0.209 e. The largest absolute Gasteiger partial charge is 0.346 e. The van der Waals surface area contributed by atoms with Gasteiger partial charge in [-0.05, 0) is 0 Å². The molecule has 2 heterocycles. The molecule has 56 valence electrons. The topological polar surface area (TPSA) is 50.7 Å². The summed E-state index contributed by atoms with van der Waals surface area (Å²) in [5, 5.41) is 0. The number of H-pyrrole nitrogens is 1. The van der Waals surface area contributed by atoms with E-state index in [1.807, 2.05) is 7.05 Å². The first kappa shape index (κ1) is 6.15. The molecule has 0 saturated carbocycles. The normalized spacial score (nSPS) is 10.6. The van der Waals surface area contributed by atoms with Crippen LogP contribution in [0.4, 0.5) is 0 Å². The molecule has 4 heteroatoms. The minimum absolute atomic E-state index is 0.0423. The third kappa shape index (κ3) is 0.756. The van der Waals surface area contributed by atoms with Gasteiger partial charge < -0.3 is 9.55 Å². The molecule has 2 rings (SSSR count). The van der Waals surface area contributed by atoms with E-state index in [9.17, 15) is 4.79 Å². The molecule has 0 atom stereocenters. The van der Waals surface area contributed by atoms with E-state index in [0.717, 1.165) is 5.65 Å². The zero-order chi connectivity index (χ0) is 7.84. The van der Waals surface area contributed by atoms with Crippen LogP contribution in [0.25, 0.3) is 11.2 Å².